The highest BCUT2D eigenvalue weighted by Gasteiger charge is 2.46. The number of benzene rings is 1. The summed E-state index contributed by atoms with van der Waals surface area (Å²) >= 11 is 0. The Morgan fingerprint density at radius 3 is 2.85 bits per heavy atom. The van der Waals surface area contributed by atoms with Crippen LogP contribution in [0.2, 0.25) is 0 Å². The Morgan fingerprint density at radius 2 is 2.10 bits per heavy atom. The van der Waals surface area contributed by atoms with Crippen molar-refractivity contribution < 1.29 is 23.7 Å². The number of hydrogen-bond donors (Lipinski definition) is 0. The van der Waals surface area contributed by atoms with Crippen LogP contribution >= 0.6 is 0 Å². The molecule has 0 unspecified atom stereocenters. The van der Waals surface area contributed by atoms with Crippen LogP contribution in [0.4, 0.5) is 0 Å². The first-order chi connectivity index (χ1) is 9.72. The van der Waals surface area contributed by atoms with Gasteiger partial charge in [-0.05, 0) is 5.56 Å². The van der Waals surface area contributed by atoms with Gasteiger partial charge in [0.25, 0.3) is 0 Å². The van der Waals surface area contributed by atoms with E-state index in [1.54, 1.807) is 0 Å². The van der Waals surface area contributed by atoms with Gasteiger partial charge in [-0.15, -0.1) is 0 Å². The predicted octanol–water partition coefficient (Wildman–Crippen LogP) is 1.65. The van der Waals surface area contributed by atoms with E-state index in [-0.39, 0.29) is 24.3 Å². The second-order valence-corrected chi connectivity index (χ2v) is 5.09. The van der Waals surface area contributed by atoms with Gasteiger partial charge in [-0.2, -0.15) is 0 Å². The fourth-order valence-corrected chi connectivity index (χ4v) is 2.59. The van der Waals surface area contributed by atoms with Crippen molar-refractivity contribution in [2.24, 2.45) is 0 Å². The van der Waals surface area contributed by atoms with Crippen LogP contribution in [0.3, 0.4) is 0 Å². The molecule has 2 aliphatic heterocycles. The first-order valence-electron chi connectivity index (χ1n) is 6.82. The van der Waals surface area contributed by atoms with Crippen LogP contribution in [-0.4, -0.2) is 37.2 Å². The first kappa shape index (κ1) is 13.5. The van der Waals surface area contributed by atoms with Crippen LogP contribution < -0.4 is 0 Å². The minimum atomic E-state index is -0.444. The van der Waals surface area contributed by atoms with Crippen LogP contribution in [0, 0.1) is 0 Å². The van der Waals surface area contributed by atoms with Crippen LogP contribution in [0.1, 0.15) is 18.9 Å². The van der Waals surface area contributed by atoms with E-state index in [4.69, 9.17) is 18.9 Å². The average molecular weight is 278 g/mol. The van der Waals surface area contributed by atoms with E-state index in [0.29, 0.717) is 19.6 Å². The summed E-state index contributed by atoms with van der Waals surface area (Å²) in [7, 11) is 0. The lowest BCUT2D eigenvalue weighted by atomic mass is 10.0. The van der Waals surface area contributed by atoms with Gasteiger partial charge >= 0.3 is 5.97 Å². The van der Waals surface area contributed by atoms with Crippen molar-refractivity contribution >= 4 is 5.97 Å². The van der Waals surface area contributed by atoms with E-state index >= 15 is 0 Å². The molecule has 3 rings (SSSR count). The molecule has 0 saturated carbocycles. The molecule has 0 aliphatic carbocycles. The molecule has 4 atom stereocenters. The summed E-state index contributed by atoms with van der Waals surface area (Å²) in [5, 5.41) is 0. The van der Waals surface area contributed by atoms with Crippen molar-refractivity contribution in [2.75, 3.05) is 6.61 Å². The molecule has 0 spiro atoms. The number of carbonyl (C=O) groups excluding carboxylic acids is 1. The fraction of sp³-hybridized carbons (Fsp3) is 0.533. The summed E-state index contributed by atoms with van der Waals surface area (Å²) in [6, 6.07) is 9.96. The van der Waals surface area contributed by atoms with Crippen molar-refractivity contribution in [3.63, 3.8) is 0 Å². The Labute approximate surface area is 117 Å². The Kier molecular flexibility index (Phi) is 4.00. The van der Waals surface area contributed by atoms with Crippen LogP contribution in [0.5, 0.6) is 0 Å². The SMILES string of the molecule is CC(=O)O[C@@H]1C[C@H](OCc2ccccc2)[C@H]2CO[C@@H]1O2. The van der Waals surface area contributed by atoms with Crippen molar-refractivity contribution in [1.29, 1.82) is 0 Å². The molecule has 1 aromatic carbocycles. The summed E-state index contributed by atoms with van der Waals surface area (Å²) in [5.74, 6) is -0.325. The molecule has 2 heterocycles. The van der Waals surface area contributed by atoms with Crippen molar-refractivity contribution in [3.8, 4) is 0 Å². The predicted molar refractivity (Wildman–Crippen MR) is 69.8 cm³/mol. The second kappa shape index (κ2) is 5.91. The van der Waals surface area contributed by atoms with E-state index in [9.17, 15) is 4.79 Å². The van der Waals surface area contributed by atoms with Gasteiger partial charge < -0.3 is 18.9 Å². The highest BCUT2D eigenvalue weighted by Crippen LogP contribution is 2.31. The van der Waals surface area contributed by atoms with Gasteiger partial charge in [0.1, 0.15) is 6.10 Å². The van der Waals surface area contributed by atoms with Gasteiger partial charge in [-0.25, -0.2) is 0 Å². The normalized spacial score (nSPS) is 32.0. The molecule has 0 amide bonds. The molecule has 0 N–H and O–H groups in total. The summed E-state index contributed by atoms with van der Waals surface area (Å²) in [4.78, 5) is 11.1. The van der Waals surface area contributed by atoms with Gasteiger partial charge in [0.15, 0.2) is 12.4 Å². The molecule has 5 heteroatoms. The van der Waals surface area contributed by atoms with Crippen molar-refractivity contribution in [3.05, 3.63) is 35.9 Å². The molecule has 2 fully saturated rings. The lowest BCUT2D eigenvalue weighted by Crippen LogP contribution is -2.44. The third-order valence-corrected chi connectivity index (χ3v) is 3.54. The Morgan fingerprint density at radius 1 is 1.30 bits per heavy atom. The van der Waals surface area contributed by atoms with Crippen molar-refractivity contribution in [2.45, 2.75) is 44.6 Å². The molecule has 2 aliphatic rings. The Bertz CT molecular complexity index is 461. The lowest BCUT2D eigenvalue weighted by molar-refractivity contribution is -0.209. The number of fused-ring (bicyclic) bond motifs is 2. The number of rotatable bonds is 4. The summed E-state index contributed by atoms with van der Waals surface area (Å²) in [5.41, 5.74) is 1.11. The highest BCUT2D eigenvalue weighted by molar-refractivity contribution is 5.66. The molecule has 5 nitrogen and oxygen atoms in total. The average Bonchev–Trinajstić information content (AvgIpc) is 2.87. The maximum Gasteiger partial charge on any atom is 0.303 e. The third-order valence-electron chi connectivity index (χ3n) is 3.54. The standard InChI is InChI=1S/C15H18O5/c1-10(16)19-13-7-12(14-9-18-15(13)20-14)17-8-11-5-3-2-4-6-11/h2-6,12-15H,7-9H2,1H3/t12-,13+,14+,15+/m0/s1. The van der Waals surface area contributed by atoms with Gasteiger partial charge in [-0.1, -0.05) is 30.3 Å². The molecule has 2 bridgehead atoms. The number of hydrogen-bond acceptors (Lipinski definition) is 5. The number of ether oxygens (including phenoxy) is 4. The fourth-order valence-electron chi connectivity index (χ4n) is 2.59. The van der Waals surface area contributed by atoms with Gasteiger partial charge in [-0.3, -0.25) is 4.79 Å². The molecule has 1 aromatic rings. The zero-order valence-electron chi connectivity index (χ0n) is 11.4. The topological polar surface area (TPSA) is 54.0 Å². The molecule has 108 valence electrons. The molecule has 2 saturated heterocycles. The van der Waals surface area contributed by atoms with Gasteiger partial charge in [0, 0.05) is 13.3 Å². The largest absolute Gasteiger partial charge is 0.457 e. The molecule has 0 aromatic heterocycles. The summed E-state index contributed by atoms with van der Waals surface area (Å²) in [6.45, 7) is 2.39. The molecule has 20 heavy (non-hydrogen) atoms. The highest BCUT2D eigenvalue weighted by atomic mass is 16.8. The van der Waals surface area contributed by atoms with E-state index in [1.807, 2.05) is 30.3 Å². The van der Waals surface area contributed by atoms with Crippen LogP contribution in [0.15, 0.2) is 30.3 Å². The van der Waals surface area contributed by atoms with E-state index < -0.39 is 6.29 Å². The molecular formula is C15H18O5. The van der Waals surface area contributed by atoms with E-state index in [2.05, 4.69) is 0 Å². The lowest BCUT2D eigenvalue weighted by Gasteiger charge is -2.32. The van der Waals surface area contributed by atoms with Gasteiger partial charge in [0.2, 0.25) is 0 Å². The van der Waals surface area contributed by atoms with E-state index in [0.717, 1.165) is 5.56 Å². The second-order valence-electron chi connectivity index (χ2n) is 5.09. The van der Waals surface area contributed by atoms with E-state index in [1.165, 1.54) is 6.92 Å². The van der Waals surface area contributed by atoms with Crippen molar-refractivity contribution in [1.82, 2.24) is 0 Å². The Hall–Kier alpha value is -1.43. The minimum absolute atomic E-state index is 0.0736. The smallest absolute Gasteiger partial charge is 0.303 e. The van der Waals surface area contributed by atoms with Crippen LogP contribution in [-0.2, 0) is 30.3 Å². The van der Waals surface area contributed by atoms with Crippen LogP contribution in [0.25, 0.3) is 0 Å². The first-order valence-corrected chi connectivity index (χ1v) is 6.82. The summed E-state index contributed by atoms with van der Waals surface area (Å²) < 4.78 is 22.3. The Balaban J connectivity index is 1.59. The maximum absolute atomic E-state index is 11.1. The maximum atomic E-state index is 11.1. The summed E-state index contributed by atoms with van der Waals surface area (Å²) in [6.07, 6.45) is -0.400. The van der Waals surface area contributed by atoms with Gasteiger partial charge in [0.05, 0.1) is 19.3 Å². The quantitative estimate of drug-likeness (QED) is 0.784. The number of esters is 1. The molecular weight excluding hydrogens is 260 g/mol. The minimum Gasteiger partial charge on any atom is -0.457 e. The third kappa shape index (κ3) is 3.00. The zero-order chi connectivity index (χ0) is 13.9. The number of carbonyl (C=O) groups is 1. The zero-order valence-corrected chi connectivity index (χ0v) is 11.4. The molecule has 0 radical (unpaired) electrons. The monoisotopic (exact) mass is 278 g/mol.